The average Bonchev–Trinajstić information content (AvgIpc) is 2.19. The molecule has 0 aliphatic carbocycles. The van der Waals surface area contributed by atoms with Gasteiger partial charge in [0.15, 0.2) is 0 Å². The zero-order valence-corrected chi connectivity index (χ0v) is 8.82. The van der Waals surface area contributed by atoms with Gasteiger partial charge in [0.05, 0.1) is 11.3 Å². The molecular weight excluding hydrogens is 262 g/mol. The lowest BCUT2D eigenvalue weighted by atomic mass is 10.1. The van der Waals surface area contributed by atoms with Gasteiger partial charge in [0.2, 0.25) is 0 Å². The van der Waals surface area contributed by atoms with Crippen LogP contribution >= 0.6 is 11.6 Å². The van der Waals surface area contributed by atoms with E-state index in [9.17, 15) is 23.7 Å². The summed E-state index contributed by atoms with van der Waals surface area (Å²) in [5, 5.41) is 18.4. The smallest absolute Gasteiger partial charge is 0.307 e. The van der Waals surface area contributed by atoms with Gasteiger partial charge in [-0.1, -0.05) is 11.6 Å². The number of halogens is 3. The van der Waals surface area contributed by atoms with Crippen LogP contribution in [0.2, 0.25) is 5.02 Å². The van der Waals surface area contributed by atoms with Crippen LogP contribution in [-0.4, -0.2) is 21.0 Å². The van der Waals surface area contributed by atoms with Crippen molar-refractivity contribution < 1.29 is 23.6 Å². The number of hydrogen-bond acceptors (Lipinski definition) is 4. The maximum atomic E-state index is 12.5. The summed E-state index contributed by atoms with van der Waals surface area (Å²) in [6, 6.07) is 0. The van der Waals surface area contributed by atoms with Crippen LogP contribution in [0.4, 0.5) is 14.5 Å². The van der Waals surface area contributed by atoms with E-state index in [1.54, 1.807) is 0 Å². The first kappa shape index (κ1) is 13.2. The molecule has 0 unspecified atom stereocenters. The molecule has 1 heterocycles. The molecule has 92 valence electrons. The largest absolute Gasteiger partial charge is 0.481 e. The van der Waals surface area contributed by atoms with E-state index in [4.69, 9.17) is 16.7 Å². The fourth-order valence-corrected chi connectivity index (χ4v) is 1.45. The van der Waals surface area contributed by atoms with E-state index >= 15 is 0 Å². The zero-order chi connectivity index (χ0) is 13.2. The SMILES string of the molecule is O=C(O)Cc1c(C(F)F)ncc([N+](=O)[O-])c1Cl. The highest BCUT2D eigenvalue weighted by molar-refractivity contribution is 6.33. The number of nitro groups is 1. The van der Waals surface area contributed by atoms with Crippen molar-refractivity contribution in [2.24, 2.45) is 0 Å². The maximum absolute atomic E-state index is 12.5. The molecule has 0 saturated carbocycles. The highest BCUT2D eigenvalue weighted by Crippen LogP contribution is 2.33. The molecule has 0 aliphatic rings. The molecule has 0 amide bonds. The van der Waals surface area contributed by atoms with Gasteiger partial charge in [-0.3, -0.25) is 14.9 Å². The number of carbonyl (C=O) groups is 1. The number of hydrogen-bond donors (Lipinski definition) is 1. The summed E-state index contributed by atoms with van der Waals surface area (Å²) in [6.07, 6.45) is -3.33. The third-order valence-electron chi connectivity index (χ3n) is 1.86. The zero-order valence-electron chi connectivity index (χ0n) is 8.06. The minimum absolute atomic E-state index is 0.539. The van der Waals surface area contributed by atoms with Crippen LogP contribution in [0.3, 0.4) is 0 Å². The summed E-state index contributed by atoms with van der Waals surface area (Å²) >= 11 is 5.52. The number of aliphatic carboxylic acids is 1. The Morgan fingerprint density at radius 2 is 2.24 bits per heavy atom. The van der Waals surface area contributed by atoms with Gasteiger partial charge in [0, 0.05) is 5.56 Å². The van der Waals surface area contributed by atoms with Gasteiger partial charge in [0.25, 0.3) is 6.43 Å². The first-order valence-electron chi connectivity index (χ1n) is 4.16. The normalized spacial score (nSPS) is 10.6. The van der Waals surface area contributed by atoms with Crippen LogP contribution in [-0.2, 0) is 11.2 Å². The van der Waals surface area contributed by atoms with Crippen LogP contribution in [0.5, 0.6) is 0 Å². The van der Waals surface area contributed by atoms with Gasteiger partial charge < -0.3 is 5.11 Å². The van der Waals surface area contributed by atoms with Crippen molar-refractivity contribution in [2.45, 2.75) is 12.8 Å². The first-order valence-corrected chi connectivity index (χ1v) is 4.54. The van der Waals surface area contributed by atoms with Gasteiger partial charge in [0.1, 0.15) is 16.9 Å². The van der Waals surface area contributed by atoms with Crippen molar-refractivity contribution in [3.05, 3.63) is 32.6 Å². The van der Waals surface area contributed by atoms with Crippen molar-refractivity contribution >= 4 is 23.3 Å². The van der Waals surface area contributed by atoms with Crippen LogP contribution < -0.4 is 0 Å². The molecule has 9 heteroatoms. The van der Waals surface area contributed by atoms with Crippen LogP contribution in [0.1, 0.15) is 17.7 Å². The Labute approximate surface area is 98.0 Å². The van der Waals surface area contributed by atoms with Gasteiger partial charge in [-0.25, -0.2) is 13.8 Å². The number of carboxylic acid groups (broad SMARTS) is 1. The number of nitrogens with zero attached hydrogens (tertiary/aromatic N) is 2. The van der Waals surface area contributed by atoms with E-state index in [0.717, 1.165) is 0 Å². The molecule has 0 aromatic carbocycles. The molecule has 1 N–H and O–H groups in total. The monoisotopic (exact) mass is 266 g/mol. The molecule has 1 aromatic rings. The first-order chi connectivity index (χ1) is 7.84. The Kier molecular flexibility index (Phi) is 3.89. The van der Waals surface area contributed by atoms with Crippen molar-refractivity contribution in [3.63, 3.8) is 0 Å². The predicted molar refractivity (Wildman–Crippen MR) is 52.2 cm³/mol. The molecule has 1 aromatic heterocycles. The number of alkyl halides is 2. The van der Waals surface area contributed by atoms with Crippen molar-refractivity contribution in [1.29, 1.82) is 0 Å². The summed E-state index contributed by atoms with van der Waals surface area (Å²) in [5.74, 6) is -1.43. The summed E-state index contributed by atoms with van der Waals surface area (Å²) in [6.45, 7) is 0. The molecule has 17 heavy (non-hydrogen) atoms. The molecule has 0 radical (unpaired) electrons. The number of carboxylic acids is 1. The van der Waals surface area contributed by atoms with Gasteiger partial charge in [-0.05, 0) is 0 Å². The van der Waals surface area contributed by atoms with Crippen LogP contribution in [0.25, 0.3) is 0 Å². The molecule has 0 aliphatic heterocycles. The van der Waals surface area contributed by atoms with Crippen LogP contribution in [0, 0.1) is 10.1 Å². The molecule has 0 fully saturated rings. The Morgan fingerprint density at radius 3 is 2.65 bits per heavy atom. The average molecular weight is 267 g/mol. The second kappa shape index (κ2) is 5.00. The molecule has 0 spiro atoms. The van der Waals surface area contributed by atoms with Crippen LogP contribution in [0.15, 0.2) is 6.20 Å². The minimum atomic E-state index is -3.05. The van der Waals surface area contributed by atoms with E-state index < -0.39 is 45.7 Å². The molecule has 0 saturated heterocycles. The standard InChI is InChI=1S/C8H5ClF2N2O4/c9-6-3(1-5(14)15)7(8(10)11)12-2-4(6)13(16)17/h2,8H,1H2,(H,14,15). The number of pyridine rings is 1. The third kappa shape index (κ3) is 2.84. The van der Waals surface area contributed by atoms with E-state index in [2.05, 4.69) is 4.98 Å². The lowest BCUT2D eigenvalue weighted by Crippen LogP contribution is -2.08. The number of aromatic nitrogens is 1. The lowest BCUT2D eigenvalue weighted by molar-refractivity contribution is -0.385. The van der Waals surface area contributed by atoms with Gasteiger partial charge >= 0.3 is 11.7 Å². The third-order valence-corrected chi connectivity index (χ3v) is 2.28. The van der Waals surface area contributed by atoms with E-state index in [1.165, 1.54) is 0 Å². The second-order valence-electron chi connectivity index (χ2n) is 2.95. The molecule has 0 atom stereocenters. The molecule has 1 rings (SSSR count). The van der Waals surface area contributed by atoms with Gasteiger partial charge in [-0.2, -0.15) is 0 Å². The summed E-state index contributed by atoms with van der Waals surface area (Å²) in [5.41, 5.74) is -2.10. The highest BCUT2D eigenvalue weighted by atomic mass is 35.5. The molecular formula is C8H5ClF2N2O4. The summed E-state index contributed by atoms with van der Waals surface area (Å²) < 4.78 is 25.0. The lowest BCUT2D eigenvalue weighted by Gasteiger charge is -2.07. The maximum Gasteiger partial charge on any atom is 0.307 e. The minimum Gasteiger partial charge on any atom is -0.481 e. The summed E-state index contributed by atoms with van der Waals surface area (Å²) in [4.78, 5) is 23.2. The van der Waals surface area contributed by atoms with Crippen molar-refractivity contribution in [1.82, 2.24) is 4.98 Å². The second-order valence-corrected chi connectivity index (χ2v) is 3.33. The summed E-state index contributed by atoms with van der Waals surface area (Å²) in [7, 11) is 0. The fourth-order valence-electron chi connectivity index (χ4n) is 1.17. The van der Waals surface area contributed by atoms with E-state index in [-0.39, 0.29) is 0 Å². The van der Waals surface area contributed by atoms with Gasteiger partial charge in [-0.15, -0.1) is 0 Å². The molecule has 6 nitrogen and oxygen atoms in total. The molecule has 0 bridgehead atoms. The quantitative estimate of drug-likeness (QED) is 0.666. The topological polar surface area (TPSA) is 93.3 Å². The highest BCUT2D eigenvalue weighted by Gasteiger charge is 2.26. The Morgan fingerprint density at radius 1 is 1.65 bits per heavy atom. The fraction of sp³-hybridized carbons (Fsp3) is 0.250. The Balaban J connectivity index is 3.41. The van der Waals surface area contributed by atoms with E-state index in [1.807, 2.05) is 0 Å². The predicted octanol–water partition coefficient (Wildman–Crippen LogP) is 2.21. The van der Waals surface area contributed by atoms with E-state index in [0.29, 0.717) is 6.20 Å². The number of rotatable bonds is 4. The van der Waals surface area contributed by atoms with Crippen molar-refractivity contribution in [2.75, 3.05) is 0 Å². The Bertz CT molecular complexity index is 481. The Hall–Kier alpha value is -1.83. The van der Waals surface area contributed by atoms with Crippen molar-refractivity contribution in [3.8, 4) is 0 Å².